The van der Waals surface area contributed by atoms with E-state index in [1.165, 1.54) is 12.1 Å². The quantitative estimate of drug-likeness (QED) is 0.662. The predicted molar refractivity (Wildman–Crippen MR) is 55.7 cm³/mol. The van der Waals surface area contributed by atoms with Crippen LogP contribution in [0.3, 0.4) is 0 Å². The topological polar surface area (TPSA) is 0 Å². The summed E-state index contributed by atoms with van der Waals surface area (Å²) in [6.45, 7) is 0. The van der Waals surface area contributed by atoms with Crippen molar-refractivity contribution in [3.8, 4) is 11.1 Å². The molecule has 2 aromatic rings. The van der Waals surface area contributed by atoms with Crippen LogP contribution < -0.4 is 0 Å². The summed E-state index contributed by atoms with van der Waals surface area (Å²) >= 11 is 5.87. The van der Waals surface area contributed by atoms with Gasteiger partial charge in [0.25, 0.3) is 0 Å². The van der Waals surface area contributed by atoms with Crippen LogP contribution >= 0.6 is 11.6 Å². The van der Waals surface area contributed by atoms with Crippen LogP contribution in [-0.2, 0) is 0 Å². The van der Waals surface area contributed by atoms with Gasteiger partial charge in [-0.2, -0.15) is 0 Å². The second-order valence-electron chi connectivity index (χ2n) is 2.88. The third-order valence-corrected chi connectivity index (χ3v) is 2.26. The molecule has 0 aliphatic heterocycles. The van der Waals surface area contributed by atoms with E-state index in [0.29, 0.717) is 10.6 Å². The standard InChI is InChI=1S/C12H7ClF/c13-10-7-4-8-11(14)12(10)9-5-2-1-3-6-9/h1-6,8H. The molecule has 0 aliphatic carbocycles. The Morgan fingerprint density at radius 1 is 1.07 bits per heavy atom. The normalized spacial score (nSPS) is 10.1. The highest BCUT2D eigenvalue weighted by Gasteiger charge is 2.08. The summed E-state index contributed by atoms with van der Waals surface area (Å²) < 4.78 is 13.4. The molecule has 2 aromatic carbocycles. The van der Waals surface area contributed by atoms with Crippen molar-refractivity contribution in [1.29, 1.82) is 0 Å². The molecule has 69 valence electrons. The van der Waals surface area contributed by atoms with Crippen molar-refractivity contribution in [2.75, 3.05) is 0 Å². The van der Waals surface area contributed by atoms with Gasteiger partial charge in [-0.3, -0.25) is 0 Å². The zero-order valence-corrected chi connectivity index (χ0v) is 8.05. The zero-order chi connectivity index (χ0) is 9.97. The molecule has 0 nitrogen and oxygen atoms in total. The minimum Gasteiger partial charge on any atom is -0.206 e. The SMILES string of the molecule is Fc1cc[c]c(Cl)c1-c1ccccc1. The molecule has 0 saturated heterocycles. The van der Waals surface area contributed by atoms with E-state index < -0.39 is 0 Å². The minimum atomic E-state index is -0.319. The van der Waals surface area contributed by atoms with E-state index >= 15 is 0 Å². The smallest absolute Gasteiger partial charge is 0.132 e. The molecule has 0 aromatic heterocycles. The fourth-order valence-corrected chi connectivity index (χ4v) is 1.58. The summed E-state index contributed by atoms with van der Waals surface area (Å²) in [7, 11) is 0. The monoisotopic (exact) mass is 205 g/mol. The van der Waals surface area contributed by atoms with Crippen LogP contribution in [0.5, 0.6) is 0 Å². The highest BCUT2D eigenvalue weighted by atomic mass is 35.5. The maximum absolute atomic E-state index is 13.4. The first kappa shape index (κ1) is 9.22. The Bertz CT molecular complexity index is 417. The van der Waals surface area contributed by atoms with Crippen molar-refractivity contribution in [2.45, 2.75) is 0 Å². The van der Waals surface area contributed by atoms with E-state index in [-0.39, 0.29) is 5.82 Å². The Labute approximate surface area is 87.0 Å². The number of halogens is 2. The Hall–Kier alpha value is -1.34. The van der Waals surface area contributed by atoms with Gasteiger partial charge in [-0.25, -0.2) is 4.39 Å². The first-order valence-corrected chi connectivity index (χ1v) is 4.58. The van der Waals surface area contributed by atoms with E-state index in [1.54, 1.807) is 0 Å². The van der Waals surface area contributed by atoms with Crippen LogP contribution in [-0.4, -0.2) is 0 Å². The minimum absolute atomic E-state index is 0.316. The van der Waals surface area contributed by atoms with Crippen LogP contribution in [0.15, 0.2) is 42.5 Å². The van der Waals surface area contributed by atoms with E-state index in [9.17, 15) is 4.39 Å². The summed E-state index contributed by atoms with van der Waals surface area (Å²) in [6.07, 6.45) is 0. The van der Waals surface area contributed by atoms with E-state index in [1.807, 2.05) is 30.3 Å². The molecule has 1 radical (unpaired) electrons. The van der Waals surface area contributed by atoms with Crippen LogP contribution in [0.1, 0.15) is 0 Å². The van der Waals surface area contributed by atoms with Crippen molar-refractivity contribution in [3.63, 3.8) is 0 Å². The summed E-state index contributed by atoms with van der Waals surface area (Å²) in [5.41, 5.74) is 1.18. The lowest BCUT2D eigenvalue weighted by atomic mass is 10.1. The molecular weight excluding hydrogens is 199 g/mol. The van der Waals surface area contributed by atoms with Gasteiger partial charge in [0.15, 0.2) is 0 Å². The third-order valence-electron chi connectivity index (χ3n) is 1.96. The van der Waals surface area contributed by atoms with Crippen molar-refractivity contribution in [1.82, 2.24) is 0 Å². The molecule has 0 spiro atoms. The molecule has 0 aliphatic rings. The van der Waals surface area contributed by atoms with Gasteiger partial charge < -0.3 is 0 Å². The van der Waals surface area contributed by atoms with Crippen LogP contribution in [0.4, 0.5) is 4.39 Å². The summed E-state index contributed by atoms with van der Waals surface area (Å²) in [5.74, 6) is -0.319. The van der Waals surface area contributed by atoms with Crippen molar-refractivity contribution < 1.29 is 4.39 Å². The molecule has 2 rings (SSSR count). The molecular formula is C12H7ClF. The lowest BCUT2D eigenvalue weighted by Crippen LogP contribution is -1.84. The number of benzene rings is 2. The van der Waals surface area contributed by atoms with Crippen molar-refractivity contribution in [3.05, 3.63) is 59.4 Å². The number of rotatable bonds is 1. The molecule has 0 N–H and O–H groups in total. The van der Waals surface area contributed by atoms with Gasteiger partial charge in [0.1, 0.15) is 5.82 Å². The van der Waals surface area contributed by atoms with E-state index in [0.717, 1.165) is 5.56 Å². The second kappa shape index (κ2) is 3.81. The lowest BCUT2D eigenvalue weighted by Gasteiger charge is -2.04. The van der Waals surface area contributed by atoms with Gasteiger partial charge in [0.05, 0.1) is 5.02 Å². The lowest BCUT2D eigenvalue weighted by molar-refractivity contribution is 0.631. The van der Waals surface area contributed by atoms with E-state index in [2.05, 4.69) is 6.07 Å². The molecule has 0 fully saturated rings. The Kier molecular flexibility index (Phi) is 2.51. The van der Waals surface area contributed by atoms with Gasteiger partial charge in [-0.05, 0) is 17.7 Å². The highest BCUT2D eigenvalue weighted by Crippen LogP contribution is 2.29. The Morgan fingerprint density at radius 2 is 1.79 bits per heavy atom. The zero-order valence-electron chi connectivity index (χ0n) is 7.30. The number of hydrogen-bond acceptors (Lipinski definition) is 0. The second-order valence-corrected chi connectivity index (χ2v) is 3.26. The van der Waals surface area contributed by atoms with Crippen molar-refractivity contribution in [2.24, 2.45) is 0 Å². The fraction of sp³-hybridized carbons (Fsp3) is 0. The largest absolute Gasteiger partial charge is 0.206 e. The summed E-state index contributed by atoms with van der Waals surface area (Å²) in [6, 6.07) is 14.8. The molecule has 14 heavy (non-hydrogen) atoms. The van der Waals surface area contributed by atoms with Gasteiger partial charge in [-0.1, -0.05) is 41.9 Å². The average molecular weight is 206 g/mol. The average Bonchev–Trinajstić information content (AvgIpc) is 2.19. The highest BCUT2D eigenvalue weighted by molar-refractivity contribution is 6.33. The van der Waals surface area contributed by atoms with Gasteiger partial charge >= 0.3 is 0 Å². The molecule has 0 amide bonds. The van der Waals surface area contributed by atoms with E-state index in [4.69, 9.17) is 11.6 Å². The predicted octanol–water partition coefficient (Wildman–Crippen LogP) is 3.95. The fourth-order valence-electron chi connectivity index (χ4n) is 1.32. The molecule has 0 atom stereocenters. The van der Waals surface area contributed by atoms with Gasteiger partial charge in [-0.15, -0.1) is 0 Å². The van der Waals surface area contributed by atoms with Gasteiger partial charge in [0, 0.05) is 11.6 Å². The molecule has 0 saturated carbocycles. The number of hydrogen-bond donors (Lipinski definition) is 0. The Morgan fingerprint density at radius 3 is 2.43 bits per heavy atom. The van der Waals surface area contributed by atoms with Crippen molar-refractivity contribution >= 4 is 11.6 Å². The Balaban J connectivity index is 2.63. The first-order chi connectivity index (χ1) is 6.79. The van der Waals surface area contributed by atoms with Gasteiger partial charge in [0.2, 0.25) is 0 Å². The first-order valence-electron chi connectivity index (χ1n) is 4.20. The molecule has 0 unspecified atom stereocenters. The van der Waals surface area contributed by atoms with Crippen LogP contribution in [0.2, 0.25) is 5.02 Å². The summed E-state index contributed by atoms with van der Waals surface area (Å²) in [4.78, 5) is 0. The van der Waals surface area contributed by atoms with Crippen LogP contribution in [0, 0.1) is 11.9 Å². The summed E-state index contributed by atoms with van der Waals surface area (Å²) in [5, 5.41) is 0.316. The maximum Gasteiger partial charge on any atom is 0.132 e. The molecule has 0 bridgehead atoms. The molecule has 0 heterocycles. The van der Waals surface area contributed by atoms with Crippen LogP contribution in [0.25, 0.3) is 11.1 Å². The molecule has 2 heteroatoms. The third kappa shape index (κ3) is 1.64. The maximum atomic E-state index is 13.4.